The second-order valence-electron chi connectivity index (χ2n) is 3.74. The number of nitrogens with one attached hydrogen (secondary N) is 1. The molecule has 0 spiro atoms. The molecule has 0 bridgehead atoms. The van der Waals surface area contributed by atoms with Gasteiger partial charge in [-0.1, -0.05) is 0 Å². The number of carbonyl (C=O) groups excluding carboxylic acids is 1. The van der Waals surface area contributed by atoms with Crippen molar-refractivity contribution in [2.75, 3.05) is 27.2 Å². The number of likely N-dealkylation sites (N-methyl/N-ethyl adjacent to an activating group) is 1. The zero-order valence-corrected chi connectivity index (χ0v) is 7.72. The highest BCUT2D eigenvalue weighted by Crippen LogP contribution is 2.09. The summed E-state index contributed by atoms with van der Waals surface area (Å²) in [4.78, 5) is 12.0. The van der Waals surface area contributed by atoms with E-state index in [4.69, 9.17) is 0 Å². The van der Waals surface area contributed by atoms with Crippen molar-refractivity contribution in [1.82, 2.24) is 0 Å². The first-order valence-corrected chi connectivity index (χ1v) is 4.43. The van der Waals surface area contributed by atoms with Gasteiger partial charge in [-0.25, -0.2) is 0 Å². The van der Waals surface area contributed by atoms with E-state index in [1.165, 1.54) is 0 Å². The van der Waals surface area contributed by atoms with Gasteiger partial charge in [-0.05, 0) is 0 Å². The molecule has 0 aromatic heterocycles. The summed E-state index contributed by atoms with van der Waals surface area (Å²) >= 11 is 0. The van der Waals surface area contributed by atoms with Gasteiger partial charge >= 0.3 is 0 Å². The second kappa shape index (κ2) is 3.41. The van der Waals surface area contributed by atoms with E-state index in [2.05, 4.69) is 5.32 Å². The van der Waals surface area contributed by atoms with Crippen LogP contribution in [0.25, 0.3) is 0 Å². The lowest BCUT2D eigenvalue weighted by atomic mass is 9.87. The quantitative estimate of drug-likeness (QED) is 0.447. The van der Waals surface area contributed by atoms with E-state index in [0.29, 0.717) is 0 Å². The van der Waals surface area contributed by atoms with Crippen molar-refractivity contribution >= 4 is 5.97 Å². The Balaban J connectivity index is 2.77. The molecular formula is C8H17N2O2+. The van der Waals surface area contributed by atoms with Crippen molar-refractivity contribution in [2.24, 2.45) is 0 Å². The minimum Gasteiger partial charge on any atom is -0.544 e. The molecule has 4 nitrogen and oxygen atoms in total. The average Bonchev–Trinajstić information content (AvgIpc) is 2.05. The van der Waals surface area contributed by atoms with Crippen LogP contribution in [0, 0.1) is 0 Å². The summed E-state index contributed by atoms with van der Waals surface area (Å²) in [5.74, 6) is -0.893. The summed E-state index contributed by atoms with van der Waals surface area (Å²) in [7, 11) is 3.78. The van der Waals surface area contributed by atoms with Gasteiger partial charge in [-0.3, -0.25) is 0 Å². The highest BCUT2D eigenvalue weighted by Gasteiger charge is 2.41. The molecule has 70 valence electrons. The first kappa shape index (κ1) is 9.48. The van der Waals surface area contributed by atoms with Gasteiger partial charge < -0.3 is 20.1 Å². The monoisotopic (exact) mass is 173 g/mol. The van der Waals surface area contributed by atoms with Crippen molar-refractivity contribution < 1.29 is 20.1 Å². The fraction of sp³-hybridized carbons (Fsp3) is 0.875. The van der Waals surface area contributed by atoms with Gasteiger partial charge in [-0.2, -0.15) is 0 Å². The molecule has 1 saturated heterocycles. The molecule has 0 aliphatic carbocycles. The first-order valence-electron chi connectivity index (χ1n) is 4.43. The third-order valence-corrected chi connectivity index (χ3v) is 2.90. The molecule has 0 amide bonds. The standard InChI is InChI=1S/C8H16N2O2/c1-10(2)8(7(11)12)3-5-9-6-4-8/h9H,3-6H2,1-2H3,(H,11,12)/p+1. The second-order valence-corrected chi connectivity index (χ2v) is 3.74. The van der Waals surface area contributed by atoms with Crippen LogP contribution in [-0.2, 0) is 4.79 Å². The molecule has 12 heavy (non-hydrogen) atoms. The number of rotatable bonds is 2. The van der Waals surface area contributed by atoms with E-state index in [1.54, 1.807) is 0 Å². The molecule has 4 heteroatoms. The topological polar surface area (TPSA) is 61.2 Å². The molecule has 0 saturated carbocycles. The van der Waals surface area contributed by atoms with Crippen molar-refractivity contribution in [3.63, 3.8) is 0 Å². The Morgan fingerprint density at radius 3 is 2.17 bits per heavy atom. The molecule has 0 radical (unpaired) electrons. The summed E-state index contributed by atoms with van der Waals surface area (Å²) < 4.78 is 0. The number of piperidine rings is 1. The number of hydrogen-bond donors (Lipinski definition) is 2. The minimum atomic E-state index is -0.893. The van der Waals surface area contributed by atoms with Crippen LogP contribution in [0.3, 0.4) is 0 Å². The molecule has 0 unspecified atom stereocenters. The molecule has 1 heterocycles. The van der Waals surface area contributed by atoms with Gasteiger partial charge in [-0.15, -0.1) is 0 Å². The lowest BCUT2D eigenvalue weighted by molar-refractivity contribution is -0.916. The van der Waals surface area contributed by atoms with Crippen LogP contribution in [0.4, 0.5) is 0 Å². The molecule has 0 aromatic rings. The first-order chi connectivity index (χ1) is 5.59. The number of hydrogen-bond acceptors (Lipinski definition) is 2. The van der Waals surface area contributed by atoms with Gasteiger partial charge in [0, 0.05) is 0 Å². The maximum atomic E-state index is 11.0. The van der Waals surface area contributed by atoms with E-state index < -0.39 is 11.5 Å². The Hall–Kier alpha value is -0.610. The van der Waals surface area contributed by atoms with Crippen LogP contribution in [-0.4, -0.2) is 38.7 Å². The summed E-state index contributed by atoms with van der Waals surface area (Å²) in [5.41, 5.74) is -0.630. The van der Waals surface area contributed by atoms with E-state index in [9.17, 15) is 9.90 Å². The molecule has 1 aliphatic heterocycles. The highest BCUT2D eigenvalue weighted by atomic mass is 16.4. The Morgan fingerprint density at radius 1 is 1.42 bits per heavy atom. The van der Waals surface area contributed by atoms with Crippen molar-refractivity contribution in [2.45, 2.75) is 18.4 Å². The van der Waals surface area contributed by atoms with E-state index in [-0.39, 0.29) is 0 Å². The van der Waals surface area contributed by atoms with Crippen LogP contribution in [0.15, 0.2) is 0 Å². The molecule has 0 aromatic carbocycles. The van der Waals surface area contributed by atoms with Crippen molar-refractivity contribution in [1.29, 1.82) is 0 Å². The van der Waals surface area contributed by atoms with Crippen molar-refractivity contribution in [3.8, 4) is 0 Å². The zero-order valence-electron chi connectivity index (χ0n) is 7.72. The lowest BCUT2D eigenvalue weighted by Crippen LogP contribution is -3.19. The molecule has 1 rings (SSSR count). The largest absolute Gasteiger partial charge is 0.544 e. The highest BCUT2D eigenvalue weighted by molar-refractivity contribution is 5.74. The van der Waals surface area contributed by atoms with Gasteiger partial charge in [0.15, 0.2) is 0 Å². The molecular weight excluding hydrogens is 156 g/mol. The van der Waals surface area contributed by atoms with Gasteiger partial charge in [0.05, 0.1) is 40.0 Å². The Kier molecular flexibility index (Phi) is 2.69. The maximum Gasteiger partial charge on any atom is 0.148 e. The summed E-state index contributed by atoms with van der Waals surface area (Å²) in [6.45, 7) is 1.80. The molecule has 1 fully saturated rings. The van der Waals surface area contributed by atoms with E-state index >= 15 is 0 Å². The minimum absolute atomic E-state index is 0.630. The van der Waals surface area contributed by atoms with Crippen molar-refractivity contribution in [3.05, 3.63) is 0 Å². The maximum absolute atomic E-state index is 11.0. The predicted octanol–water partition coefficient (Wildman–Crippen LogP) is -4.02. The van der Waals surface area contributed by atoms with Crippen LogP contribution < -0.4 is 15.3 Å². The molecule has 3 N–H and O–H groups in total. The third-order valence-electron chi connectivity index (χ3n) is 2.90. The van der Waals surface area contributed by atoms with Crippen LogP contribution in [0.2, 0.25) is 0 Å². The third kappa shape index (κ3) is 1.44. The van der Waals surface area contributed by atoms with Crippen LogP contribution in [0.1, 0.15) is 12.8 Å². The van der Waals surface area contributed by atoms with Crippen LogP contribution >= 0.6 is 0 Å². The van der Waals surface area contributed by atoms with Gasteiger partial charge in [0.2, 0.25) is 0 Å². The van der Waals surface area contributed by atoms with Crippen LogP contribution in [0.5, 0.6) is 0 Å². The van der Waals surface area contributed by atoms with E-state index in [1.807, 2.05) is 14.1 Å². The fourth-order valence-electron chi connectivity index (χ4n) is 1.87. The Morgan fingerprint density at radius 2 is 1.92 bits per heavy atom. The normalized spacial score (nSPS) is 22.6. The number of nitrogens with two attached hydrogens (primary N) is 1. The molecule has 1 aliphatic rings. The predicted molar refractivity (Wildman–Crippen MR) is 41.4 cm³/mol. The average molecular weight is 173 g/mol. The SMILES string of the molecule is C[NH+](C)C1(C(=O)[O-])CC[NH2+]CC1. The zero-order chi connectivity index (χ0) is 9.19. The number of quaternary nitrogens is 2. The van der Waals surface area contributed by atoms with Gasteiger partial charge in [0.1, 0.15) is 11.5 Å². The smallest absolute Gasteiger partial charge is 0.148 e. The number of carboxylic acids is 1. The fourth-order valence-corrected chi connectivity index (χ4v) is 1.87. The molecule has 0 atom stereocenters. The van der Waals surface area contributed by atoms with E-state index in [0.717, 1.165) is 30.8 Å². The van der Waals surface area contributed by atoms with Gasteiger partial charge in [0.25, 0.3) is 0 Å². The number of aliphatic carboxylic acids is 1. The summed E-state index contributed by atoms with van der Waals surface area (Å²) in [6, 6.07) is 0. The Bertz CT molecular complexity index is 174. The summed E-state index contributed by atoms with van der Waals surface area (Å²) in [6.07, 6.45) is 1.44. The number of carbonyl (C=O) groups is 1. The Labute approximate surface area is 72.6 Å². The summed E-state index contributed by atoms with van der Waals surface area (Å²) in [5, 5.41) is 13.1. The number of carboxylic acid groups (broad SMARTS) is 1. The lowest BCUT2D eigenvalue weighted by Gasteiger charge is -2.38.